The van der Waals surface area contributed by atoms with Crippen LogP contribution in [0.3, 0.4) is 0 Å². The summed E-state index contributed by atoms with van der Waals surface area (Å²) in [6.07, 6.45) is 4.48. The number of hydrogen-bond acceptors (Lipinski definition) is 7. The standard InChI is InChI=1S/C23H20ClFN4O4/c24-16-2-1-13(7-17(16)25)20(11-30)29-6-4-12(8-21(29)31)18-3-5-26-23(27-18)28-19-10-14-9-15(19)22(32)33-14/h1-8,14-15,19-20,30H,9-11H2,(H,26,27,28). The first-order valence-corrected chi connectivity index (χ1v) is 10.9. The predicted molar refractivity (Wildman–Crippen MR) is 118 cm³/mol. The average molecular weight is 471 g/mol. The van der Waals surface area contributed by atoms with E-state index in [0.29, 0.717) is 35.6 Å². The molecule has 5 rings (SSSR count). The molecule has 2 bridgehead atoms. The van der Waals surface area contributed by atoms with E-state index in [1.807, 2.05) is 0 Å². The minimum absolute atomic E-state index is 0.0337. The number of rotatable bonds is 6. The largest absolute Gasteiger partial charge is 0.462 e. The number of fused-ring (bicyclic) bond motifs is 2. The number of nitrogens with zero attached hydrogens (tertiary/aromatic N) is 3. The van der Waals surface area contributed by atoms with E-state index in [2.05, 4.69) is 15.3 Å². The Labute approximate surface area is 193 Å². The van der Waals surface area contributed by atoms with Crippen molar-refractivity contribution >= 4 is 23.5 Å². The molecule has 0 spiro atoms. The van der Waals surface area contributed by atoms with Gasteiger partial charge in [-0.15, -0.1) is 0 Å². The van der Waals surface area contributed by atoms with Crippen LogP contribution in [0.25, 0.3) is 11.3 Å². The van der Waals surface area contributed by atoms with Gasteiger partial charge in [0.25, 0.3) is 5.56 Å². The zero-order valence-electron chi connectivity index (χ0n) is 17.3. The smallest absolute Gasteiger partial charge is 0.311 e. The second-order valence-corrected chi connectivity index (χ2v) is 8.59. The molecule has 4 unspecified atom stereocenters. The second-order valence-electron chi connectivity index (χ2n) is 8.19. The molecule has 1 saturated heterocycles. The SMILES string of the molecule is O=C1OC2CC(Nc3nccc(-c4ccn(C(CO)c5ccc(Cl)c(F)c5)c(=O)c4)n3)C1C2. The molecule has 2 aromatic heterocycles. The summed E-state index contributed by atoms with van der Waals surface area (Å²) in [5.41, 5.74) is 1.13. The van der Waals surface area contributed by atoms with Crippen LogP contribution in [-0.4, -0.2) is 44.4 Å². The van der Waals surface area contributed by atoms with Crippen molar-refractivity contribution in [3.05, 3.63) is 75.5 Å². The van der Waals surface area contributed by atoms with Gasteiger partial charge in [0.1, 0.15) is 11.9 Å². The van der Waals surface area contributed by atoms with Crippen molar-refractivity contribution in [2.75, 3.05) is 11.9 Å². The van der Waals surface area contributed by atoms with Crippen molar-refractivity contribution in [3.63, 3.8) is 0 Å². The number of hydrogen-bond donors (Lipinski definition) is 2. The van der Waals surface area contributed by atoms with Crippen molar-refractivity contribution in [2.45, 2.75) is 31.0 Å². The lowest BCUT2D eigenvalue weighted by molar-refractivity contribution is -0.148. The third kappa shape index (κ3) is 4.09. The number of anilines is 1. The van der Waals surface area contributed by atoms with Crippen LogP contribution in [0.1, 0.15) is 24.4 Å². The summed E-state index contributed by atoms with van der Waals surface area (Å²) in [5.74, 6) is -0.643. The summed E-state index contributed by atoms with van der Waals surface area (Å²) in [6, 6.07) is 8.09. The van der Waals surface area contributed by atoms with Gasteiger partial charge in [-0.3, -0.25) is 9.59 Å². The fourth-order valence-electron chi connectivity index (χ4n) is 4.49. The first-order valence-electron chi connectivity index (χ1n) is 10.5. The fraction of sp³-hybridized carbons (Fsp3) is 0.304. The monoisotopic (exact) mass is 470 g/mol. The molecule has 3 heterocycles. The number of esters is 1. The number of carbonyl (C=O) groups excluding carboxylic acids is 1. The lowest BCUT2D eigenvalue weighted by Gasteiger charge is -2.22. The third-order valence-corrected chi connectivity index (χ3v) is 6.46. The van der Waals surface area contributed by atoms with Crippen LogP contribution in [0.2, 0.25) is 5.02 Å². The summed E-state index contributed by atoms with van der Waals surface area (Å²) >= 11 is 5.74. The maximum atomic E-state index is 13.9. The molecule has 2 aliphatic rings. The maximum Gasteiger partial charge on any atom is 0.311 e. The highest BCUT2D eigenvalue weighted by Crippen LogP contribution is 2.37. The Kier molecular flexibility index (Phi) is 5.59. The number of carbonyl (C=O) groups is 1. The molecule has 3 aromatic rings. The summed E-state index contributed by atoms with van der Waals surface area (Å²) in [4.78, 5) is 33.4. The highest BCUT2D eigenvalue weighted by atomic mass is 35.5. The topological polar surface area (TPSA) is 106 Å². The quantitative estimate of drug-likeness (QED) is 0.533. The molecule has 33 heavy (non-hydrogen) atoms. The van der Waals surface area contributed by atoms with Gasteiger partial charge in [-0.1, -0.05) is 17.7 Å². The average Bonchev–Trinajstić information content (AvgIpc) is 3.36. The van der Waals surface area contributed by atoms with Gasteiger partial charge in [-0.25, -0.2) is 14.4 Å². The van der Waals surface area contributed by atoms with E-state index in [1.54, 1.807) is 24.4 Å². The van der Waals surface area contributed by atoms with E-state index in [4.69, 9.17) is 16.3 Å². The first kappa shape index (κ1) is 21.5. The van der Waals surface area contributed by atoms with Crippen LogP contribution >= 0.6 is 11.6 Å². The predicted octanol–water partition coefficient (Wildman–Crippen LogP) is 2.80. The second kappa shape index (κ2) is 8.57. The van der Waals surface area contributed by atoms with E-state index in [-0.39, 0.29) is 34.6 Å². The number of benzene rings is 1. The van der Waals surface area contributed by atoms with E-state index in [1.165, 1.54) is 29.0 Å². The van der Waals surface area contributed by atoms with Gasteiger partial charge in [0.2, 0.25) is 5.95 Å². The van der Waals surface area contributed by atoms with Gasteiger partial charge in [0.05, 0.1) is 29.3 Å². The lowest BCUT2D eigenvalue weighted by Crippen LogP contribution is -2.34. The van der Waals surface area contributed by atoms with E-state index in [9.17, 15) is 19.1 Å². The van der Waals surface area contributed by atoms with Crippen LogP contribution in [0.4, 0.5) is 10.3 Å². The van der Waals surface area contributed by atoms with E-state index in [0.717, 1.165) is 0 Å². The van der Waals surface area contributed by atoms with Crippen molar-refractivity contribution in [1.29, 1.82) is 0 Å². The number of ether oxygens (including phenoxy) is 1. The number of aliphatic hydroxyl groups excluding tert-OH is 1. The number of halogens is 2. The molecule has 1 aliphatic carbocycles. The van der Waals surface area contributed by atoms with Crippen molar-refractivity contribution in [3.8, 4) is 11.3 Å². The Balaban J connectivity index is 1.39. The Morgan fingerprint density at radius 2 is 2.09 bits per heavy atom. The number of aromatic nitrogens is 3. The lowest BCUT2D eigenvalue weighted by atomic mass is 10.0. The van der Waals surface area contributed by atoms with Crippen molar-refractivity contribution in [2.24, 2.45) is 5.92 Å². The Bertz CT molecular complexity index is 1280. The molecule has 1 aromatic carbocycles. The minimum atomic E-state index is -0.765. The fourth-order valence-corrected chi connectivity index (χ4v) is 4.61. The first-order chi connectivity index (χ1) is 15.9. The van der Waals surface area contributed by atoms with Crippen LogP contribution in [0.15, 0.2) is 53.6 Å². The summed E-state index contributed by atoms with van der Waals surface area (Å²) in [7, 11) is 0. The molecule has 8 nitrogen and oxygen atoms in total. The molecule has 2 fully saturated rings. The molecule has 2 N–H and O–H groups in total. The Hall–Kier alpha value is -3.30. The third-order valence-electron chi connectivity index (χ3n) is 6.16. The van der Waals surface area contributed by atoms with Crippen LogP contribution in [-0.2, 0) is 9.53 Å². The highest BCUT2D eigenvalue weighted by Gasteiger charge is 2.48. The molecule has 1 aliphatic heterocycles. The van der Waals surface area contributed by atoms with Gasteiger partial charge in [-0.2, -0.15) is 0 Å². The van der Waals surface area contributed by atoms with Gasteiger partial charge in [0, 0.05) is 36.5 Å². The molecule has 0 radical (unpaired) electrons. The Morgan fingerprint density at radius 1 is 1.24 bits per heavy atom. The number of pyridine rings is 1. The molecule has 10 heteroatoms. The van der Waals surface area contributed by atoms with Gasteiger partial charge in [0.15, 0.2) is 0 Å². The number of aliphatic hydroxyl groups is 1. The van der Waals surface area contributed by atoms with E-state index < -0.39 is 18.5 Å². The van der Waals surface area contributed by atoms with Gasteiger partial charge >= 0.3 is 5.97 Å². The highest BCUT2D eigenvalue weighted by molar-refractivity contribution is 6.30. The summed E-state index contributed by atoms with van der Waals surface area (Å²) < 4.78 is 20.4. The Morgan fingerprint density at radius 3 is 2.79 bits per heavy atom. The normalized spacial score (nSPS) is 22.3. The van der Waals surface area contributed by atoms with Crippen molar-refractivity contribution < 1.29 is 19.0 Å². The molecule has 0 amide bonds. The number of nitrogens with one attached hydrogen (secondary N) is 1. The van der Waals surface area contributed by atoms with Crippen molar-refractivity contribution in [1.82, 2.24) is 14.5 Å². The maximum absolute atomic E-state index is 13.9. The molecular formula is C23H20ClFN4O4. The van der Waals surface area contributed by atoms with Gasteiger partial charge in [-0.05, 0) is 36.2 Å². The van der Waals surface area contributed by atoms with E-state index >= 15 is 0 Å². The van der Waals surface area contributed by atoms with Crippen LogP contribution in [0, 0.1) is 11.7 Å². The summed E-state index contributed by atoms with van der Waals surface area (Å²) in [5, 5.41) is 13.0. The van der Waals surface area contributed by atoms with Gasteiger partial charge < -0.3 is 19.7 Å². The zero-order valence-corrected chi connectivity index (χ0v) is 18.1. The molecule has 1 saturated carbocycles. The zero-order chi connectivity index (χ0) is 23.1. The van der Waals surface area contributed by atoms with Crippen LogP contribution in [0.5, 0.6) is 0 Å². The summed E-state index contributed by atoms with van der Waals surface area (Å²) in [6.45, 7) is -0.395. The molecular weight excluding hydrogens is 451 g/mol. The van der Waals surface area contributed by atoms with Crippen LogP contribution < -0.4 is 10.9 Å². The molecule has 4 atom stereocenters. The minimum Gasteiger partial charge on any atom is -0.462 e. The molecule has 170 valence electrons.